The first-order valence-corrected chi connectivity index (χ1v) is 7.37. The molecule has 0 saturated heterocycles. The molecule has 0 amide bonds. The maximum atomic E-state index is 12.1. The zero-order valence-electron chi connectivity index (χ0n) is 10.8. The highest BCUT2D eigenvalue weighted by molar-refractivity contribution is 7.89. The van der Waals surface area contributed by atoms with Crippen molar-refractivity contribution in [3.63, 3.8) is 0 Å². The molecule has 7 nitrogen and oxygen atoms in total. The van der Waals surface area contributed by atoms with Crippen molar-refractivity contribution >= 4 is 16.0 Å². The maximum Gasteiger partial charge on any atom is 0.338 e. The number of carbonyl (C=O) groups excluding carboxylic acids is 1. The highest BCUT2D eigenvalue weighted by Crippen LogP contribution is 2.14. The van der Waals surface area contributed by atoms with Crippen molar-refractivity contribution in [3.05, 3.63) is 42.5 Å². The molecule has 2 aromatic rings. The van der Waals surface area contributed by atoms with Gasteiger partial charge in [0.1, 0.15) is 12.7 Å². The van der Waals surface area contributed by atoms with Crippen LogP contribution in [0.5, 0.6) is 0 Å². The van der Waals surface area contributed by atoms with E-state index in [1.807, 2.05) is 6.92 Å². The summed E-state index contributed by atoms with van der Waals surface area (Å²) in [6.45, 7) is 2.22. The minimum absolute atomic E-state index is 0.0232. The fourth-order valence-electron chi connectivity index (χ4n) is 1.47. The van der Waals surface area contributed by atoms with Gasteiger partial charge in [0.25, 0.3) is 10.0 Å². The number of ether oxygens (including phenoxy) is 1. The van der Waals surface area contributed by atoms with Gasteiger partial charge in [-0.25, -0.2) is 9.78 Å². The summed E-state index contributed by atoms with van der Waals surface area (Å²) in [5, 5.41) is 3.59. The summed E-state index contributed by atoms with van der Waals surface area (Å²) in [6, 6.07) is 5.47. The van der Waals surface area contributed by atoms with E-state index in [9.17, 15) is 13.2 Å². The van der Waals surface area contributed by atoms with Gasteiger partial charge in [0.2, 0.25) is 0 Å². The molecule has 0 spiro atoms. The molecule has 0 aliphatic heterocycles. The second-order valence-electron chi connectivity index (χ2n) is 3.93. The van der Waals surface area contributed by atoms with Crippen LogP contribution in [0, 0.1) is 0 Å². The fraction of sp³-hybridized carbons (Fsp3) is 0.250. The third-order valence-corrected chi connectivity index (χ3v) is 4.02. The van der Waals surface area contributed by atoms with E-state index >= 15 is 0 Å². The number of esters is 1. The van der Waals surface area contributed by atoms with Crippen LogP contribution in [-0.4, -0.2) is 35.2 Å². The molecular formula is C12H13N3O4S. The number of nitrogens with zero attached hydrogens (tertiary/aromatic N) is 3. The van der Waals surface area contributed by atoms with Crippen molar-refractivity contribution in [3.8, 4) is 0 Å². The van der Waals surface area contributed by atoms with E-state index < -0.39 is 16.0 Å². The molecule has 0 unspecified atom stereocenters. The van der Waals surface area contributed by atoms with E-state index in [4.69, 9.17) is 4.74 Å². The van der Waals surface area contributed by atoms with Gasteiger partial charge < -0.3 is 4.74 Å². The molecule has 0 saturated carbocycles. The van der Waals surface area contributed by atoms with Crippen molar-refractivity contribution in [1.82, 2.24) is 14.2 Å². The molecule has 1 heterocycles. The molecule has 0 N–H and O–H groups in total. The lowest BCUT2D eigenvalue weighted by Gasteiger charge is -2.05. The first-order valence-electron chi connectivity index (χ1n) is 5.93. The summed E-state index contributed by atoms with van der Waals surface area (Å²) in [5.74, 6) is -0.475. The number of hydrogen-bond donors (Lipinski definition) is 0. The molecule has 2 rings (SSSR count). The molecule has 0 radical (unpaired) electrons. The molecule has 0 bridgehead atoms. The number of rotatable bonds is 5. The van der Waals surface area contributed by atoms with Crippen LogP contribution in [0.2, 0.25) is 0 Å². The zero-order valence-corrected chi connectivity index (χ0v) is 11.6. The van der Waals surface area contributed by atoms with Gasteiger partial charge in [-0.15, -0.1) is 9.19 Å². The van der Waals surface area contributed by atoms with Crippen molar-refractivity contribution in [2.75, 3.05) is 6.61 Å². The third-order valence-electron chi connectivity index (χ3n) is 2.47. The Morgan fingerprint density at radius 1 is 1.30 bits per heavy atom. The Balaban J connectivity index is 2.23. The van der Waals surface area contributed by atoms with E-state index in [1.54, 1.807) is 0 Å². The van der Waals surface area contributed by atoms with Crippen molar-refractivity contribution < 1.29 is 17.9 Å². The van der Waals surface area contributed by atoms with E-state index in [0.717, 1.165) is 23.2 Å². The van der Waals surface area contributed by atoms with Crippen LogP contribution in [0.15, 0.2) is 41.8 Å². The van der Waals surface area contributed by atoms with Crippen LogP contribution < -0.4 is 0 Å². The van der Waals surface area contributed by atoms with Gasteiger partial charge in [-0.2, -0.15) is 8.42 Å². The van der Waals surface area contributed by atoms with Gasteiger partial charge in [-0.1, -0.05) is 6.92 Å². The molecule has 106 valence electrons. The second kappa shape index (κ2) is 5.83. The Hall–Kier alpha value is -2.22. The Bertz CT molecular complexity index is 678. The van der Waals surface area contributed by atoms with Crippen molar-refractivity contribution in [2.45, 2.75) is 18.2 Å². The lowest BCUT2D eigenvalue weighted by atomic mass is 10.2. The predicted octanol–water partition coefficient (Wildman–Crippen LogP) is 1.08. The van der Waals surface area contributed by atoms with Gasteiger partial charge in [-0.3, -0.25) is 0 Å². The van der Waals surface area contributed by atoms with Gasteiger partial charge in [0.05, 0.1) is 17.1 Å². The molecule has 20 heavy (non-hydrogen) atoms. The van der Waals surface area contributed by atoms with Crippen LogP contribution in [0.3, 0.4) is 0 Å². The van der Waals surface area contributed by atoms with E-state index in [0.29, 0.717) is 12.2 Å². The Morgan fingerprint density at radius 2 is 2.00 bits per heavy atom. The smallest absolute Gasteiger partial charge is 0.338 e. The SMILES string of the molecule is CCCOC(=O)c1ccc(S(=O)(=O)n2cncn2)cc1. The number of carbonyl (C=O) groups is 1. The quantitative estimate of drug-likeness (QED) is 0.767. The summed E-state index contributed by atoms with van der Waals surface area (Å²) in [6.07, 6.45) is 2.96. The summed E-state index contributed by atoms with van der Waals surface area (Å²) in [4.78, 5) is 15.2. The number of benzene rings is 1. The Kier molecular flexibility index (Phi) is 4.14. The third kappa shape index (κ3) is 2.85. The topological polar surface area (TPSA) is 91.2 Å². The van der Waals surface area contributed by atoms with Crippen LogP contribution in [0.1, 0.15) is 23.7 Å². The van der Waals surface area contributed by atoms with Crippen LogP contribution in [-0.2, 0) is 14.8 Å². The number of aromatic nitrogens is 3. The molecule has 0 aliphatic carbocycles. The van der Waals surface area contributed by atoms with Crippen molar-refractivity contribution in [1.29, 1.82) is 0 Å². The maximum absolute atomic E-state index is 12.1. The summed E-state index contributed by atoms with van der Waals surface area (Å²) < 4.78 is 29.9. The Morgan fingerprint density at radius 3 is 2.55 bits per heavy atom. The molecule has 0 atom stereocenters. The van der Waals surface area contributed by atoms with Crippen LogP contribution in [0.4, 0.5) is 0 Å². The predicted molar refractivity (Wildman–Crippen MR) is 69.6 cm³/mol. The minimum atomic E-state index is -3.76. The van der Waals surface area contributed by atoms with E-state index in [1.165, 1.54) is 24.3 Å². The first-order chi connectivity index (χ1) is 9.55. The average Bonchev–Trinajstić information content (AvgIpc) is 3.00. The average molecular weight is 295 g/mol. The Labute approximate surface area is 116 Å². The monoisotopic (exact) mass is 295 g/mol. The zero-order chi connectivity index (χ0) is 14.6. The lowest BCUT2D eigenvalue weighted by molar-refractivity contribution is 0.0505. The molecule has 0 aliphatic rings. The summed E-state index contributed by atoms with van der Waals surface area (Å²) in [7, 11) is -3.76. The summed E-state index contributed by atoms with van der Waals surface area (Å²) in [5.41, 5.74) is 0.302. The van der Waals surface area contributed by atoms with Gasteiger partial charge in [0.15, 0.2) is 0 Å². The second-order valence-corrected chi connectivity index (χ2v) is 5.73. The molecule has 1 aromatic heterocycles. The largest absolute Gasteiger partial charge is 0.462 e. The van der Waals surface area contributed by atoms with Gasteiger partial charge in [-0.05, 0) is 30.7 Å². The van der Waals surface area contributed by atoms with E-state index in [2.05, 4.69) is 10.1 Å². The van der Waals surface area contributed by atoms with Crippen LogP contribution >= 0.6 is 0 Å². The molecule has 0 fully saturated rings. The minimum Gasteiger partial charge on any atom is -0.462 e. The number of hydrogen-bond acceptors (Lipinski definition) is 6. The highest BCUT2D eigenvalue weighted by Gasteiger charge is 2.18. The lowest BCUT2D eigenvalue weighted by Crippen LogP contribution is -2.14. The summed E-state index contributed by atoms with van der Waals surface area (Å²) >= 11 is 0. The van der Waals surface area contributed by atoms with Gasteiger partial charge >= 0.3 is 5.97 Å². The normalized spacial score (nSPS) is 11.2. The first kappa shape index (κ1) is 14.2. The molecule has 8 heteroatoms. The van der Waals surface area contributed by atoms with Crippen molar-refractivity contribution in [2.24, 2.45) is 0 Å². The van der Waals surface area contributed by atoms with Gasteiger partial charge in [0, 0.05) is 0 Å². The fourth-order valence-corrected chi connectivity index (χ4v) is 2.51. The highest BCUT2D eigenvalue weighted by atomic mass is 32.2. The standard InChI is InChI=1S/C12H13N3O4S/c1-2-7-19-12(16)10-3-5-11(6-4-10)20(17,18)15-9-13-8-14-15/h3-6,8-9H,2,7H2,1H3. The molecule has 1 aromatic carbocycles. The van der Waals surface area contributed by atoms with E-state index in [-0.39, 0.29) is 4.90 Å². The molecular weight excluding hydrogens is 282 g/mol. The van der Waals surface area contributed by atoms with Crippen LogP contribution in [0.25, 0.3) is 0 Å².